The van der Waals surface area contributed by atoms with Gasteiger partial charge in [0.1, 0.15) is 12.2 Å². The maximum atomic E-state index is 12.1. The van der Waals surface area contributed by atoms with E-state index in [1.807, 2.05) is 30.3 Å². The second-order valence-electron chi connectivity index (χ2n) is 6.03. The number of rotatable bonds is 6. The number of pyridine rings is 1. The number of benzene rings is 2. The Kier molecular flexibility index (Phi) is 6.46. The Hall–Kier alpha value is -3.38. The number of aromatic nitrogens is 1. The minimum atomic E-state index is -0.571. The Morgan fingerprint density at radius 2 is 1.86 bits per heavy atom. The highest BCUT2D eigenvalue weighted by Crippen LogP contribution is 2.29. The molecule has 2 aromatic carbocycles. The summed E-state index contributed by atoms with van der Waals surface area (Å²) in [7, 11) is 2.69. The molecule has 0 fully saturated rings. The third kappa shape index (κ3) is 4.92. The molecule has 0 N–H and O–H groups in total. The van der Waals surface area contributed by atoms with Crippen molar-refractivity contribution in [1.29, 1.82) is 0 Å². The van der Waals surface area contributed by atoms with Crippen LogP contribution in [0.25, 0.3) is 17.0 Å². The van der Waals surface area contributed by atoms with E-state index in [0.717, 1.165) is 5.56 Å². The third-order valence-corrected chi connectivity index (χ3v) is 4.32. The summed E-state index contributed by atoms with van der Waals surface area (Å²) in [5.41, 5.74) is 2.18. The van der Waals surface area contributed by atoms with Crippen molar-refractivity contribution in [2.75, 3.05) is 14.2 Å². The minimum absolute atomic E-state index is 0.118. The van der Waals surface area contributed by atoms with Crippen LogP contribution in [0.15, 0.2) is 54.6 Å². The van der Waals surface area contributed by atoms with Gasteiger partial charge in [0.2, 0.25) is 5.88 Å². The first-order chi connectivity index (χ1) is 14.0. The van der Waals surface area contributed by atoms with Gasteiger partial charge in [-0.2, -0.15) is 0 Å². The van der Waals surface area contributed by atoms with Gasteiger partial charge >= 0.3 is 11.9 Å². The highest BCUT2D eigenvalue weighted by atomic mass is 35.5. The maximum absolute atomic E-state index is 12.1. The number of esters is 2. The number of methoxy groups -OCH3 is 2. The number of nitrogens with zero attached hydrogens (tertiary/aromatic N) is 1. The summed E-state index contributed by atoms with van der Waals surface area (Å²) in [5, 5.41) is 1.04. The lowest BCUT2D eigenvalue weighted by atomic mass is 10.1. The number of halogens is 1. The van der Waals surface area contributed by atoms with Gasteiger partial charge in [-0.3, -0.25) is 0 Å². The molecule has 3 rings (SSSR count). The highest BCUT2D eigenvalue weighted by molar-refractivity contribution is 6.31. The zero-order valence-electron chi connectivity index (χ0n) is 15.8. The summed E-state index contributed by atoms with van der Waals surface area (Å²) in [6.07, 6.45) is 2.86. The zero-order valence-corrected chi connectivity index (χ0v) is 16.6. The van der Waals surface area contributed by atoms with E-state index in [1.165, 1.54) is 20.3 Å². The second kappa shape index (κ2) is 9.21. The minimum Gasteiger partial charge on any atom is -0.480 e. The van der Waals surface area contributed by atoms with Crippen molar-refractivity contribution in [2.24, 2.45) is 0 Å². The second-order valence-corrected chi connectivity index (χ2v) is 6.47. The lowest BCUT2D eigenvalue weighted by Gasteiger charge is -2.10. The quantitative estimate of drug-likeness (QED) is 0.441. The first-order valence-corrected chi connectivity index (χ1v) is 9.05. The first kappa shape index (κ1) is 20.4. The SMILES string of the molecule is COC(=O)c1cc2cc(Cl)cc(C=CC(=O)OCc3ccccc3)c2nc1OC. The summed E-state index contributed by atoms with van der Waals surface area (Å²) in [6.45, 7) is 0.175. The zero-order chi connectivity index (χ0) is 20.8. The van der Waals surface area contributed by atoms with E-state index in [0.29, 0.717) is 21.5 Å². The lowest BCUT2D eigenvalue weighted by molar-refractivity contribution is -0.138. The van der Waals surface area contributed by atoms with Gasteiger partial charge in [0.15, 0.2) is 0 Å². The fourth-order valence-electron chi connectivity index (χ4n) is 2.73. The predicted molar refractivity (Wildman–Crippen MR) is 110 cm³/mol. The van der Waals surface area contributed by atoms with Crippen molar-refractivity contribution < 1.29 is 23.8 Å². The summed E-state index contributed by atoms with van der Waals surface area (Å²) >= 11 is 6.19. The van der Waals surface area contributed by atoms with Crippen LogP contribution < -0.4 is 4.74 Å². The molecule has 7 heteroatoms. The van der Waals surface area contributed by atoms with Gasteiger partial charge in [-0.1, -0.05) is 41.9 Å². The van der Waals surface area contributed by atoms with Gasteiger partial charge in [0.25, 0.3) is 0 Å². The number of carbonyl (C=O) groups excluding carboxylic acids is 2. The summed E-state index contributed by atoms with van der Waals surface area (Å²) in [6, 6.07) is 14.3. The molecule has 0 amide bonds. The Bertz CT molecular complexity index is 1080. The lowest BCUT2D eigenvalue weighted by Crippen LogP contribution is -2.06. The molecule has 0 saturated heterocycles. The van der Waals surface area contributed by atoms with Crippen LogP contribution in [0.3, 0.4) is 0 Å². The van der Waals surface area contributed by atoms with E-state index in [-0.39, 0.29) is 18.1 Å². The molecule has 1 heterocycles. The maximum Gasteiger partial charge on any atom is 0.343 e. The van der Waals surface area contributed by atoms with Gasteiger partial charge in [-0.15, -0.1) is 0 Å². The molecule has 3 aromatic rings. The van der Waals surface area contributed by atoms with Crippen LogP contribution in [0, 0.1) is 0 Å². The van der Waals surface area contributed by atoms with E-state index in [4.69, 9.17) is 25.8 Å². The average Bonchev–Trinajstić information content (AvgIpc) is 2.75. The standard InChI is InChI=1S/C22H18ClNO5/c1-27-21-18(22(26)28-2)12-16-11-17(23)10-15(20(16)24-21)8-9-19(25)29-13-14-6-4-3-5-7-14/h3-12H,13H2,1-2H3. The summed E-state index contributed by atoms with van der Waals surface area (Å²) in [4.78, 5) is 28.4. The van der Waals surface area contributed by atoms with Crippen molar-refractivity contribution >= 4 is 40.5 Å². The monoisotopic (exact) mass is 411 g/mol. The fraction of sp³-hybridized carbons (Fsp3) is 0.136. The molecule has 29 heavy (non-hydrogen) atoms. The highest BCUT2D eigenvalue weighted by Gasteiger charge is 2.17. The van der Waals surface area contributed by atoms with E-state index in [2.05, 4.69) is 4.98 Å². The van der Waals surface area contributed by atoms with E-state index >= 15 is 0 Å². The van der Waals surface area contributed by atoms with Crippen LogP contribution in [0.4, 0.5) is 0 Å². The van der Waals surface area contributed by atoms with E-state index < -0.39 is 11.9 Å². The van der Waals surface area contributed by atoms with Crippen LogP contribution in [0.2, 0.25) is 5.02 Å². The van der Waals surface area contributed by atoms with Crippen molar-refractivity contribution in [3.63, 3.8) is 0 Å². The largest absolute Gasteiger partial charge is 0.480 e. The van der Waals surface area contributed by atoms with Crippen LogP contribution in [-0.2, 0) is 20.9 Å². The smallest absolute Gasteiger partial charge is 0.343 e. The van der Waals surface area contributed by atoms with Crippen LogP contribution in [0.5, 0.6) is 5.88 Å². The molecule has 0 aliphatic carbocycles. The van der Waals surface area contributed by atoms with E-state index in [9.17, 15) is 9.59 Å². The van der Waals surface area contributed by atoms with Crippen LogP contribution >= 0.6 is 11.6 Å². The number of hydrogen-bond acceptors (Lipinski definition) is 6. The molecule has 148 valence electrons. The van der Waals surface area contributed by atoms with Gasteiger partial charge in [0, 0.05) is 22.0 Å². The Morgan fingerprint density at radius 1 is 1.10 bits per heavy atom. The van der Waals surface area contributed by atoms with Gasteiger partial charge in [-0.25, -0.2) is 14.6 Å². The first-order valence-electron chi connectivity index (χ1n) is 8.67. The molecule has 0 aliphatic heterocycles. The van der Waals surface area contributed by atoms with Crippen LogP contribution in [-0.4, -0.2) is 31.1 Å². The predicted octanol–water partition coefficient (Wildman–Crippen LogP) is 4.44. The number of hydrogen-bond donors (Lipinski definition) is 0. The molecule has 1 aromatic heterocycles. The van der Waals surface area contributed by atoms with Gasteiger partial charge in [0.05, 0.1) is 19.7 Å². The fourth-order valence-corrected chi connectivity index (χ4v) is 2.97. The molecule has 0 bridgehead atoms. The molecule has 0 saturated carbocycles. The molecule has 0 aliphatic rings. The topological polar surface area (TPSA) is 74.7 Å². The van der Waals surface area contributed by atoms with Crippen LogP contribution in [0.1, 0.15) is 21.5 Å². The van der Waals surface area contributed by atoms with E-state index in [1.54, 1.807) is 24.3 Å². The summed E-state index contributed by atoms with van der Waals surface area (Å²) < 4.78 is 15.2. The number of fused-ring (bicyclic) bond motifs is 1. The molecule has 0 radical (unpaired) electrons. The third-order valence-electron chi connectivity index (χ3n) is 4.10. The summed E-state index contributed by atoms with van der Waals surface area (Å²) in [5.74, 6) is -0.953. The molecular formula is C22H18ClNO5. The normalized spacial score (nSPS) is 10.9. The number of ether oxygens (including phenoxy) is 3. The number of carbonyl (C=O) groups is 2. The molecule has 0 unspecified atom stereocenters. The van der Waals surface area contributed by atoms with Crippen molar-refractivity contribution in [2.45, 2.75) is 6.61 Å². The van der Waals surface area contributed by atoms with Crippen molar-refractivity contribution in [3.05, 3.63) is 76.3 Å². The van der Waals surface area contributed by atoms with Crippen molar-refractivity contribution in [3.8, 4) is 5.88 Å². The molecule has 0 spiro atoms. The van der Waals surface area contributed by atoms with Gasteiger partial charge in [-0.05, 0) is 29.8 Å². The Morgan fingerprint density at radius 3 is 2.55 bits per heavy atom. The molecule has 6 nitrogen and oxygen atoms in total. The Labute approximate surface area is 172 Å². The van der Waals surface area contributed by atoms with Gasteiger partial charge < -0.3 is 14.2 Å². The average molecular weight is 412 g/mol. The Balaban J connectivity index is 1.89. The molecule has 0 atom stereocenters. The molecular weight excluding hydrogens is 394 g/mol. The van der Waals surface area contributed by atoms with Crippen molar-refractivity contribution in [1.82, 2.24) is 4.98 Å².